The van der Waals surface area contributed by atoms with Gasteiger partial charge in [0.1, 0.15) is 5.75 Å². The van der Waals surface area contributed by atoms with E-state index in [0.29, 0.717) is 30.4 Å². The van der Waals surface area contributed by atoms with Gasteiger partial charge in [0.25, 0.3) is 0 Å². The predicted octanol–water partition coefficient (Wildman–Crippen LogP) is 3.10. The molecule has 2 aromatic rings. The van der Waals surface area contributed by atoms with Gasteiger partial charge in [-0.2, -0.15) is 0 Å². The summed E-state index contributed by atoms with van der Waals surface area (Å²) in [6.45, 7) is 3.30. The molecule has 6 nitrogen and oxygen atoms in total. The van der Waals surface area contributed by atoms with Crippen LogP contribution in [0.4, 0.5) is 10.5 Å². The van der Waals surface area contributed by atoms with Gasteiger partial charge in [-0.25, -0.2) is 4.79 Å². The van der Waals surface area contributed by atoms with Gasteiger partial charge in [0.2, 0.25) is 5.56 Å². The number of carbonyl (C=O) groups excluding carboxylic acids is 1. The van der Waals surface area contributed by atoms with Gasteiger partial charge >= 0.3 is 6.03 Å². The molecule has 0 aliphatic carbocycles. The van der Waals surface area contributed by atoms with Crippen molar-refractivity contribution in [3.63, 3.8) is 0 Å². The van der Waals surface area contributed by atoms with Crippen LogP contribution in [0.3, 0.4) is 0 Å². The Morgan fingerprint density at radius 3 is 2.68 bits per heavy atom. The lowest BCUT2D eigenvalue weighted by atomic mass is 9.90. The molecule has 0 bridgehead atoms. The summed E-state index contributed by atoms with van der Waals surface area (Å²) >= 11 is 0. The summed E-state index contributed by atoms with van der Waals surface area (Å²) in [5, 5.41) is 2.94. The van der Waals surface area contributed by atoms with E-state index in [2.05, 4.69) is 10.3 Å². The van der Waals surface area contributed by atoms with Crippen molar-refractivity contribution in [3.05, 3.63) is 58.0 Å². The molecule has 0 atom stereocenters. The molecule has 1 aliphatic rings. The lowest BCUT2D eigenvalue weighted by molar-refractivity contribution is 0.194. The number of benzene rings is 1. The van der Waals surface area contributed by atoms with E-state index in [1.165, 1.54) is 0 Å². The van der Waals surface area contributed by atoms with Crippen LogP contribution in [0.1, 0.15) is 29.9 Å². The van der Waals surface area contributed by atoms with E-state index in [1.807, 2.05) is 36.1 Å². The van der Waals surface area contributed by atoms with E-state index in [4.69, 9.17) is 4.74 Å². The number of ether oxygens (including phenoxy) is 1. The van der Waals surface area contributed by atoms with Crippen LogP contribution in [0, 0.1) is 6.92 Å². The zero-order valence-corrected chi connectivity index (χ0v) is 14.5. The van der Waals surface area contributed by atoms with Gasteiger partial charge < -0.3 is 19.9 Å². The number of amides is 2. The van der Waals surface area contributed by atoms with Crippen molar-refractivity contribution in [2.45, 2.75) is 25.7 Å². The molecule has 1 aliphatic heterocycles. The zero-order chi connectivity index (χ0) is 17.8. The van der Waals surface area contributed by atoms with Crippen molar-refractivity contribution in [2.24, 2.45) is 0 Å². The van der Waals surface area contributed by atoms with Gasteiger partial charge in [0.05, 0.1) is 12.8 Å². The molecule has 25 heavy (non-hydrogen) atoms. The molecule has 1 aromatic heterocycles. The van der Waals surface area contributed by atoms with Crippen molar-refractivity contribution in [1.29, 1.82) is 0 Å². The van der Waals surface area contributed by atoms with Gasteiger partial charge in [0, 0.05) is 25.4 Å². The monoisotopic (exact) mass is 341 g/mol. The number of methoxy groups -OCH3 is 1. The number of hydrogen-bond acceptors (Lipinski definition) is 3. The van der Waals surface area contributed by atoms with E-state index in [1.54, 1.807) is 19.4 Å². The quantitative estimate of drug-likeness (QED) is 0.901. The van der Waals surface area contributed by atoms with E-state index in [9.17, 15) is 9.59 Å². The number of H-pyrrole nitrogens is 1. The number of piperidine rings is 1. The molecule has 1 saturated heterocycles. The van der Waals surface area contributed by atoms with E-state index in [-0.39, 0.29) is 11.6 Å². The fraction of sp³-hybridized carbons (Fsp3) is 0.368. The molecule has 1 fully saturated rings. The standard InChI is InChI=1S/C19H23N3O3/c1-13-3-4-17(25-2)16(11-13)21-19(24)22-9-6-14(7-10-22)15-5-8-20-18(23)12-15/h3-5,8,11-12,14H,6-7,9-10H2,1-2H3,(H,20,23)(H,21,24). The number of pyridine rings is 1. The number of carbonyl (C=O) groups is 1. The van der Waals surface area contributed by atoms with E-state index in [0.717, 1.165) is 24.0 Å². The highest BCUT2D eigenvalue weighted by atomic mass is 16.5. The van der Waals surface area contributed by atoms with Crippen LogP contribution in [0.2, 0.25) is 0 Å². The second-order valence-corrected chi connectivity index (χ2v) is 6.38. The molecular weight excluding hydrogens is 318 g/mol. The third-order valence-corrected chi connectivity index (χ3v) is 4.65. The molecule has 3 rings (SSSR count). The Labute approximate surface area is 146 Å². The summed E-state index contributed by atoms with van der Waals surface area (Å²) < 4.78 is 5.31. The first-order valence-corrected chi connectivity index (χ1v) is 8.46. The Balaban J connectivity index is 1.62. The fourth-order valence-electron chi connectivity index (χ4n) is 3.24. The summed E-state index contributed by atoms with van der Waals surface area (Å²) in [5.74, 6) is 0.970. The number of aromatic nitrogens is 1. The molecule has 2 amide bonds. The van der Waals surface area contributed by atoms with Crippen LogP contribution < -0.4 is 15.6 Å². The maximum atomic E-state index is 12.5. The Kier molecular flexibility index (Phi) is 5.07. The molecule has 0 spiro atoms. The van der Waals surface area contributed by atoms with Crippen molar-refractivity contribution in [1.82, 2.24) is 9.88 Å². The summed E-state index contributed by atoms with van der Waals surface area (Å²) in [5.41, 5.74) is 2.71. The summed E-state index contributed by atoms with van der Waals surface area (Å²) in [4.78, 5) is 28.5. The lowest BCUT2D eigenvalue weighted by Gasteiger charge is -2.32. The average molecular weight is 341 g/mol. The van der Waals surface area contributed by atoms with Crippen LogP contribution in [-0.4, -0.2) is 36.1 Å². The highest BCUT2D eigenvalue weighted by molar-refractivity contribution is 5.91. The van der Waals surface area contributed by atoms with Gasteiger partial charge in [-0.15, -0.1) is 0 Å². The highest BCUT2D eigenvalue weighted by Crippen LogP contribution is 2.29. The van der Waals surface area contributed by atoms with E-state index < -0.39 is 0 Å². The molecule has 0 radical (unpaired) electrons. The SMILES string of the molecule is COc1ccc(C)cc1NC(=O)N1CCC(c2cc[nH]c(=O)c2)CC1. The van der Waals surface area contributed by atoms with Crippen LogP contribution in [0.15, 0.2) is 41.3 Å². The summed E-state index contributed by atoms with van der Waals surface area (Å²) in [6.07, 6.45) is 3.38. The molecular formula is C19H23N3O3. The van der Waals surface area contributed by atoms with Crippen molar-refractivity contribution in [2.75, 3.05) is 25.5 Å². The van der Waals surface area contributed by atoms with Crippen molar-refractivity contribution >= 4 is 11.7 Å². The second-order valence-electron chi connectivity index (χ2n) is 6.38. The van der Waals surface area contributed by atoms with Crippen LogP contribution >= 0.6 is 0 Å². The minimum Gasteiger partial charge on any atom is -0.495 e. The molecule has 2 N–H and O–H groups in total. The second kappa shape index (κ2) is 7.42. The maximum absolute atomic E-state index is 12.5. The molecule has 0 saturated carbocycles. The number of hydrogen-bond donors (Lipinski definition) is 2. The van der Waals surface area contributed by atoms with E-state index >= 15 is 0 Å². The fourth-order valence-corrected chi connectivity index (χ4v) is 3.24. The molecule has 1 aromatic carbocycles. The lowest BCUT2D eigenvalue weighted by Crippen LogP contribution is -2.40. The maximum Gasteiger partial charge on any atom is 0.321 e. The Hall–Kier alpha value is -2.76. The van der Waals surface area contributed by atoms with Gasteiger partial charge in [-0.1, -0.05) is 6.07 Å². The normalized spacial score (nSPS) is 15.0. The number of anilines is 1. The Morgan fingerprint density at radius 2 is 2.00 bits per heavy atom. The number of rotatable bonds is 3. The highest BCUT2D eigenvalue weighted by Gasteiger charge is 2.24. The van der Waals surface area contributed by atoms with Gasteiger partial charge in [0.15, 0.2) is 0 Å². The number of nitrogens with zero attached hydrogens (tertiary/aromatic N) is 1. The van der Waals surface area contributed by atoms with Gasteiger partial charge in [-0.3, -0.25) is 4.79 Å². The molecule has 132 valence electrons. The third-order valence-electron chi connectivity index (χ3n) is 4.65. The molecule has 6 heteroatoms. The van der Waals surface area contributed by atoms with Crippen LogP contribution in [0.25, 0.3) is 0 Å². The number of likely N-dealkylation sites (tertiary alicyclic amines) is 1. The number of urea groups is 1. The topological polar surface area (TPSA) is 74.4 Å². The summed E-state index contributed by atoms with van der Waals surface area (Å²) in [6, 6.07) is 9.18. The first-order chi connectivity index (χ1) is 12.1. The Bertz CT molecular complexity index is 808. The van der Waals surface area contributed by atoms with Crippen molar-refractivity contribution in [3.8, 4) is 5.75 Å². The van der Waals surface area contributed by atoms with Crippen LogP contribution in [0.5, 0.6) is 5.75 Å². The number of aromatic amines is 1. The number of nitrogens with one attached hydrogen (secondary N) is 2. The third kappa shape index (κ3) is 4.02. The van der Waals surface area contributed by atoms with Crippen molar-refractivity contribution < 1.29 is 9.53 Å². The molecule has 2 heterocycles. The Morgan fingerprint density at radius 1 is 1.24 bits per heavy atom. The largest absolute Gasteiger partial charge is 0.495 e. The van der Waals surface area contributed by atoms with Gasteiger partial charge in [-0.05, 0) is 55.0 Å². The zero-order valence-electron chi connectivity index (χ0n) is 14.5. The predicted molar refractivity (Wildman–Crippen MR) is 97.4 cm³/mol. The minimum atomic E-state index is -0.117. The van der Waals surface area contributed by atoms with Crippen LogP contribution in [-0.2, 0) is 0 Å². The average Bonchev–Trinajstić information content (AvgIpc) is 2.62. The first-order valence-electron chi connectivity index (χ1n) is 8.46. The number of aryl methyl sites for hydroxylation is 1. The minimum absolute atomic E-state index is 0.0794. The molecule has 0 unspecified atom stereocenters. The first kappa shape index (κ1) is 17.1. The summed E-state index contributed by atoms with van der Waals surface area (Å²) in [7, 11) is 1.59. The smallest absolute Gasteiger partial charge is 0.321 e.